The summed E-state index contributed by atoms with van der Waals surface area (Å²) in [5, 5.41) is 12.7. The number of amides is 2. The van der Waals surface area contributed by atoms with Gasteiger partial charge in [-0.2, -0.15) is 0 Å². The molecule has 0 aromatic rings. The molecular formula is C17H30N2O3. The van der Waals surface area contributed by atoms with E-state index in [-0.39, 0.29) is 24.0 Å². The number of hydrogen-bond acceptors (Lipinski definition) is 3. The average molecular weight is 310 g/mol. The summed E-state index contributed by atoms with van der Waals surface area (Å²) in [6, 6.07) is -0.290. The second-order valence-electron chi connectivity index (χ2n) is 6.78. The first kappa shape index (κ1) is 17.3. The van der Waals surface area contributed by atoms with Crippen molar-refractivity contribution in [3.63, 3.8) is 0 Å². The molecule has 0 radical (unpaired) electrons. The Morgan fingerprint density at radius 2 is 2.00 bits per heavy atom. The average Bonchev–Trinajstić information content (AvgIpc) is 2.53. The molecule has 2 amide bonds. The summed E-state index contributed by atoms with van der Waals surface area (Å²) in [5.74, 6) is 0.468. The number of nitrogens with one attached hydrogen (secondary N) is 1. The zero-order valence-electron chi connectivity index (χ0n) is 13.7. The topological polar surface area (TPSA) is 69.6 Å². The number of aliphatic hydroxyl groups is 1. The standard InChI is InChI=1S/C17H30N2O3/c1-2-6-16(21)19-10-4-3-9-15(19)17(22)18-12-13-7-5-8-14(20)11-13/h13-15,20H,2-12H2,1H3,(H,18,22). The van der Waals surface area contributed by atoms with Crippen molar-refractivity contribution >= 4 is 11.8 Å². The number of aliphatic hydroxyl groups excluding tert-OH is 1. The molecule has 2 rings (SSSR count). The van der Waals surface area contributed by atoms with Gasteiger partial charge in [-0.15, -0.1) is 0 Å². The Labute approximate surface area is 133 Å². The Morgan fingerprint density at radius 3 is 2.73 bits per heavy atom. The van der Waals surface area contributed by atoms with Crippen molar-refractivity contribution in [2.45, 2.75) is 76.9 Å². The summed E-state index contributed by atoms with van der Waals surface area (Å²) in [7, 11) is 0. The Bertz CT molecular complexity index is 386. The van der Waals surface area contributed by atoms with Crippen LogP contribution in [0.15, 0.2) is 0 Å². The Balaban J connectivity index is 1.84. The van der Waals surface area contributed by atoms with Crippen LogP contribution in [0.5, 0.6) is 0 Å². The largest absolute Gasteiger partial charge is 0.393 e. The molecule has 0 spiro atoms. The van der Waals surface area contributed by atoms with E-state index in [1.165, 1.54) is 0 Å². The maximum absolute atomic E-state index is 12.5. The van der Waals surface area contributed by atoms with Gasteiger partial charge >= 0.3 is 0 Å². The van der Waals surface area contributed by atoms with E-state index >= 15 is 0 Å². The zero-order valence-corrected chi connectivity index (χ0v) is 13.7. The van der Waals surface area contributed by atoms with Gasteiger partial charge in [0.1, 0.15) is 6.04 Å². The van der Waals surface area contributed by atoms with E-state index in [0.29, 0.717) is 25.4 Å². The zero-order chi connectivity index (χ0) is 15.9. The van der Waals surface area contributed by atoms with E-state index in [9.17, 15) is 14.7 Å². The fourth-order valence-corrected chi connectivity index (χ4v) is 3.67. The Morgan fingerprint density at radius 1 is 1.18 bits per heavy atom. The van der Waals surface area contributed by atoms with Crippen molar-refractivity contribution in [3.8, 4) is 0 Å². The van der Waals surface area contributed by atoms with Gasteiger partial charge in [-0.25, -0.2) is 0 Å². The number of piperidine rings is 1. The SMILES string of the molecule is CCCC(=O)N1CCCCC1C(=O)NCC1CCCC(O)C1. The van der Waals surface area contributed by atoms with Crippen molar-refractivity contribution < 1.29 is 14.7 Å². The summed E-state index contributed by atoms with van der Waals surface area (Å²) in [4.78, 5) is 26.4. The van der Waals surface area contributed by atoms with Crippen molar-refractivity contribution in [2.24, 2.45) is 5.92 Å². The smallest absolute Gasteiger partial charge is 0.242 e. The van der Waals surface area contributed by atoms with Crippen LogP contribution in [0.1, 0.15) is 64.7 Å². The Hall–Kier alpha value is -1.10. The van der Waals surface area contributed by atoms with Crippen LogP contribution in [0, 0.1) is 5.92 Å². The first-order valence-corrected chi connectivity index (χ1v) is 8.87. The molecule has 0 aromatic carbocycles. The second kappa shape index (κ2) is 8.51. The molecule has 5 heteroatoms. The highest BCUT2D eigenvalue weighted by molar-refractivity contribution is 5.87. The number of hydrogen-bond donors (Lipinski definition) is 2. The molecule has 3 atom stereocenters. The molecule has 22 heavy (non-hydrogen) atoms. The minimum atomic E-state index is -0.290. The van der Waals surface area contributed by atoms with Crippen LogP contribution in [0.4, 0.5) is 0 Å². The predicted molar refractivity (Wildman–Crippen MR) is 85.2 cm³/mol. The normalized spacial score (nSPS) is 29.2. The fraction of sp³-hybridized carbons (Fsp3) is 0.882. The number of rotatable bonds is 5. The van der Waals surface area contributed by atoms with E-state index in [2.05, 4.69) is 5.32 Å². The van der Waals surface area contributed by atoms with Crippen LogP contribution in [-0.2, 0) is 9.59 Å². The fourth-order valence-electron chi connectivity index (χ4n) is 3.67. The van der Waals surface area contributed by atoms with E-state index in [4.69, 9.17) is 0 Å². The van der Waals surface area contributed by atoms with Crippen molar-refractivity contribution in [2.75, 3.05) is 13.1 Å². The number of carbonyl (C=O) groups excluding carboxylic acids is 2. The minimum Gasteiger partial charge on any atom is -0.393 e. The van der Waals surface area contributed by atoms with Gasteiger partial charge in [0.25, 0.3) is 0 Å². The molecule has 1 aliphatic heterocycles. The lowest BCUT2D eigenvalue weighted by atomic mass is 9.87. The summed E-state index contributed by atoms with van der Waals surface area (Å²) >= 11 is 0. The first-order valence-electron chi connectivity index (χ1n) is 8.87. The molecule has 2 fully saturated rings. The lowest BCUT2D eigenvalue weighted by Gasteiger charge is -2.35. The molecule has 3 unspecified atom stereocenters. The maximum Gasteiger partial charge on any atom is 0.242 e. The van der Waals surface area contributed by atoms with Gasteiger partial charge < -0.3 is 15.3 Å². The molecule has 5 nitrogen and oxygen atoms in total. The Kier molecular flexibility index (Phi) is 6.68. The lowest BCUT2D eigenvalue weighted by molar-refractivity contribution is -0.142. The summed E-state index contributed by atoms with van der Waals surface area (Å²) in [6.45, 7) is 3.33. The van der Waals surface area contributed by atoms with E-state index in [1.54, 1.807) is 4.90 Å². The van der Waals surface area contributed by atoms with Crippen LogP contribution in [-0.4, -0.2) is 47.1 Å². The van der Waals surface area contributed by atoms with Crippen LogP contribution in [0.2, 0.25) is 0 Å². The molecule has 126 valence electrons. The maximum atomic E-state index is 12.5. The third-order valence-electron chi connectivity index (χ3n) is 4.91. The van der Waals surface area contributed by atoms with Crippen molar-refractivity contribution in [3.05, 3.63) is 0 Å². The molecule has 1 heterocycles. The molecule has 2 aliphatic rings. The monoisotopic (exact) mass is 310 g/mol. The van der Waals surface area contributed by atoms with Gasteiger partial charge in [-0.05, 0) is 50.9 Å². The third kappa shape index (κ3) is 4.70. The van der Waals surface area contributed by atoms with E-state index in [1.807, 2.05) is 6.92 Å². The molecule has 1 saturated heterocycles. The molecule has 0 aromatic heterocycles. The van der Waals surface area contributed by atoms with Crippen LogP contribution in [0.25, 0.3) is 0 Å². The third-order valence-corrected chi connectivity index (χ3v) is 4.91. The highest BCUT2D eigenvalue weighted by atomic mass is 16.3. The summed E-state index contributed by atoms with van der Waals surface area (Å²) in [6.07, 6.45) is 7.68. The van der Waals surface area contributed by atoms with Crippen LogP contribution < -0.4 is 5.32 Å². The minimum absolute atomic E-state index is 0.00998. The van der Waals surface area contributed by atoms with Gasteiger partial charge in [-0.3, -0.25) is 9.59 Å². The molecule has 1 saturated carbocycles. The molecule has 2 N–H and O–H groups in total. The molecular weight excluding hydrogens is 280 g/mol. The number of nitrogens with zero attached hydrogens (tertiary/aromatic N) is 1. The van der Waals surface area contributed by atoms with Gasteiger partial charge in [0, 0.05) is 19.5 Å². The predicted octanol–water partition coefficient (Wildman–Crippen LogP) is 1.83. The number of likely N-dealkylation sites (tertiary alicyclic amines) is 1. The van der Waals surface area contributed by atoms with Crippen LogP contribution in [0.3, 0.4) is 0 Å². The molecule has 1 aliphatic carbocycles. The van der Waals surface area contributed by atoms with Gasteiger partial charge in [0.05, 0.1) is 6.10 Å². The second-order valence-corrected chi connectivity index (χ2v) is 6.78. The molecule has 0 bridgehead atoms. The van der Waals surface area contributed by atoms with E-state index < -0.39 is 0 Å². The quantitative estimate of drug-likeness (QED) is 0.814. The number of carbonyl (C=O) groups is 2. The van der Waals surface area contributed by atoms with E-state index in [0.717, 1.165) is 51.4 Å². The summed E-state index contributed by atoms with van der Waals surface area (Å²) < 4.78 is 0. The van der Waals surface area contributed by atoms with Crippen molar-refractivity contribution in [1.82, 2.24) is 10.2 Å². The van der Waals surface area contributed by atoms with Crippen LogP contribution >= 0.6 is 0 Å². The highest BCUT2D eigenvalue weighted by Gasteiger charge is 2.32. The lowest BCUT2D eigenvalue weighted by Crippen LogP contribution is -2.52. The van der Waals surface area contributed by atoms with Gasteiger partial charge in [0.2, 0.25) is 11.8 Å². The first-order chi connectivity index (χ1) is 10.6. The van der Waals surface area contributed by atoms with Gasteiger partial charge in [0.15, 0.2) is 0 Å². The summed E-state index contributed by atoms with van der Waals surface area (Å²) in [5.41, 5.74) is 0. The van der Waals surface area contributed by atoms with Gasteiger partial charge in [-0.1, -0.05) is 13.3 Å². The highest BCUT2D eigenvalue weighted by Crippen LogP contribution is 2.24. The van der Waals surface area contributed by atoms with Crippen molar-refractivity contribution in [1.29, 1.82) is 0 Å².